The van der Waals surface area contributed by atoms with Crippen molar-refractivity contribution in [3.8, 4) is 11.3 Å². The van der Waals surface area contributed by atoms with Crippen LogP contribution in [0, 0.1) is 0 Å². The summed E-state index contributed by atoms with van der Waals surface area (Å²) in [6, 6.07) is 54.6. The van der Waals surface area contributed by atoms with E-state index in [1.807, 2.05) is 30.3 Å². The molecule has 6 aromatic carbocycles. The summed E-state index contributed by atoms with van der Waals surface area (Å²) in [5, 5.41) is 30.5. The van der Waals surface area contributed by atoms with Crippen LogP contribution in [-0.4, -0.2) is 75.4 Å². The number of fused-ring (bicyclic) bond motifs is 2. The third-order valence-electron chi connectivity index (χ3n) is 12.0. The molecule has 2 aromatic heterocycles. The lowest BCUT2D eigenvalue weighted by molar-refractivity contribution is 0.426. The van der Waals surface area contributed by atoms with Gasteiger partial charge >= 0.3 is 7.12 Å². The van der Waals surface area contributed by atoms with Crippen molar-refractivity contribution >= 4 is 109 Å². The van der Waals surface area contributed by atoms with Gasteiger partial charge in [0.2, 0.25) is 0 Å². The van der Waals surface area contributed by atoms with Gasteiger partial charge in [-0.15, -0.1) is 24.8 Å². The van der Waals surface area contributed by atoms with E-state index in [1.54, 1.807) is 30.6 Å². The van der Waals surface area contributed by atoms with Gasteiger partial charge in [-0.05, 0) is 64.8 Å². The van der Waals surface area contributed by atoms with Crippen LogP contribution in [0.3, 0.4) is 0 Å². The van der Waals surface area contributed by atoms with Gasteiger partial charge in [0.15, 0.2) is 0 Å². The summed E-state index contributed by atoms with van der Waals surface area (Å²) in [4.78, 5) is 21.9. The highest BCUT2D eigenvalue weighted by Crippen LogP contribution is 2.29. The summed E-state index contributed by atoms with van der Waals surface area (Å²) >= 11 is 5.99. The Morgan fingerprint density at radius 2 is 1.00 bits per heavy atom. The molecule has 0 bridgehead atoms. The third kappa shape index (κ3) is 14.6. The van der Waals surface area contributed by atoms with E-state index in [9.17, 15) is 0 Å². The maximum Gasteiger partial charge on any atom is 0.488 e. The monoisotopic (exact) mass is 1010 g/mol. The average Bonchev–Trinajstić information content (AvgIpc) is 4.02. The summed E-state index contributed by atoms with van der Waals surface area (Å²) in [6.07, 6.45) is 5.41. The molecule has 2 aliphatic heterocycles. The molecular weight excluding hydrogens is 950 g/mol. The van der Waals surface area contributed by atoms with Gasteiger partial charge in [0.05, 0.1) is 5.69 Å². The minimum Gasteiger partial charge on any atom is -0.423 e. The van der Waals surface area contributed by atoms with Crippen molar-refractivity contribution in [2.45, 2.75) is 50.9 Å². The molecule has 68 heavy (non-hydrogen) atoms. The number of hydrogen-bond acceptors (Lipinski definition) is 10. The van der Waals surface area contributed by atoms with E-state index in [-0.39, 0.29) is 51.8 Å². The Morgan fingerprint density at radius 1 is 0.559 bits per heavy atom. The highest BCUT2D eigenvalue weighted by molar-refractivity contribution is 7.59. The van der Waals surface area contributed by atoms with Crippen molar-refractivity contribution in [2.75, 3.05) is 36.0 Å². The van der Waals surface area contributed by atoms with E-state index in [2.05, 4.69) is 157 Å². The zero-order valence-corrected chi connectivity index (χ0v) is 42.5. The topological polar surface area (TPSA) is 123 Å². The Labute approximate surface area is 431 Å². The first-order chi connectivity index (χ1) is 31.3. The fourth-order valence-corrected chi connectivity index (χ4v) is 8.90. The van der Waals surface area contributed by atoms with Crippen LogP contribution in [0.4, 0.5) is 11.6 Å². The molecule has 356 valence electrons. The molecule has 0 aliphatic carbocycles. The van der Waals surface area contributed by atoms with Crippen molar-refractivity contribution in [3.05, 3.63) is 187 Å². The highest BCUT2D eigenvalue weighted by atomic mass is 35.5. The van der Waals surface area contributed by atoms with Gasteiger partial charge < -0.3 is 30.5 Å². The quantitative estimate of drug-likeness (QED) is 0.0779. The van der Waals surface area contributed by atoms with Crippen molar-refractivity contribution in [3.63, 3.8) is 0 Å². The molecule has 0 amide bonds. The minimum absolute atomic E-state index is 0. The molecular formula is C52H60BCl3N8O2S2. The maximum atomic E-state index is 8.58. The van der Waals surface area contributed by atoms with Gasteiger partial charge in [0.25, 0.3) is 0 Å². The average molecular weight is 1010 g/mol. The summed E-state index contributed by atoms with van der Waals surface area (Å²) in [5.41, 5.74) is 5.33. The predicted molar refractivity (Wildman–Crippen MR) is 298 cm³/mol. The number of nitrogens with one attached hydrogen (secondary N) is 2. The number of hydrogen-bond donors (Lipinski definition) is 4. The Morgan fingerprint density at radius 3 is 1.49 bits per heavy atom. The van der Waals surface area contributed by atoms with Crippen LogP contribution < -0.4 is 25.9 Å². The van der Waals surface area contributed by atoms with Crippen LogP contribution in [0.25, 0.3) is 32.8 Å². The second-order valence-corrected chi connectivity index (χ2v) is 16.8. The second kappa shape index (κ2) is 27.3. The Hall–Kier alpha value is -4.93. The normalized spacial score (nSPS) is 15.7. The van der Waals surface area contributed by atoms with Crippen molar-refractivity contribution in [1.29, 1.82) is 0 Å². The lowest BCUT2D eigenvalue weighted by Gasteiger charge is -2.22. The van der Waals surface area contributed by atoms with Crippen molar-refractivity contribution in [1.82, 2.24) is 30.6 Å². The summed E-state index contributed by atoms with van der Waals surface area (Å²) in [6.45, 7) is 8.38. The van der Waals surface area contributed by atoms with Gasteiger partial charge in [-0.25, -0.2) is 19.9 Å². The zero-order valence-electron chi connectivity index (χ0n) is 38.1. The van der Waals surface area contributed by atoms with Crippen molar-refractivity contribution in [2.24, 2.45) is 0 Å². The summed E-state index contributed by atoms with van der Waals surface area (Å²) < 4.78 is 0. The number of benzene rings is 6. The molecule has 10 nitrogen and oxygen atoms in total. The fraction of sp³-hybridized carbons (Fsp3) is 0.231. The van der Waals surface area contributed by atoms with E-state index in [1.165, 1.54) is 39.0 Å². The van der Waals surface area contributed by atoms with Gasteiger partial charge in [-0.2, -0.15) is 27.0 Å². The SMILES string of the molecule is C[C@@H](N[C@H]1CCN(c2cc(-c3ccccc3)ncn2)C1)c1cccc2ccccc12.C[C@@H](N[C@H]1CCN(c2cc(Cl)ncn2)C1)c1cccc2ccccc12.Cl.Cl.OB(O)c1ccccc1.S.S. The van der Waals surface area contributed by atoms with E-state index in [0.717, 1.165) is 61.9 Å². The molecule has 16 heteroatoms. The molecule has 4 heterocycles. The molecule has 2 fully saturated rings. The van der Waals surface area contributed by atoms with Crippen LogP contribution in [0.1, 0.15) is 49.9 Å². The Balaban J connectivity index is 0.000000241. The van der Waals surface area contributed by atoms with Crippen LogP contribution in [0.5, 0.6) is 0 Å². The second-order valence-electron chi connectivity index (χ2n) is 16.4. The first-order valence-corrected chi connectivity index (χ1v) is 22.4. The molecule has 4 atom stereocenters. The zero-order chi connectivity index (χ0) is 44.3. The largest absolute Gasteiger partial charge is 0.488 e. The van der Waals surface area contributed by atoms with Crippen LogP contribution >= 0.6 is 63.4 Å². The predicted octanol–water partition coefficient (Wildman–Crippen LogP) is 9.87. The third-order valence-corrected chi connectivity index (χ3v) is 12.2. The van der Waals surface area contributed by atoms with E-state index >= 15 is 0 Å². The molecule has 2 saturated heterocycles. The number of nitrogens with zero attached hydrogens (tertiary/aromatic N) is 6. The van der Waals surface area contributed by atoms with Gasteiger partial charge in [-0.1, -0.05) is 157 Å². The Bertz CT molecular complexity index is 2740. The molecule has 10 rings (SSSR count). The molecule has 0 spiro atoms. The summed E-state index contributed by atoms with van der Waals surface area (Å²) in [7, 11) is -1.34. The first kappa shape index (κ1) is 55.7. The highest BCUT2D eigenvalue weighted by Gasteiger charge is 2.27. The standard InChI is InChI=1S/C26H26N4.C20H21ClN4.C6H7BO2.2ClH.2H2S/c1-19(23-13-7-11-20-8-5-6-12-24(20)23)29-22-14-15-30(17-22)26-16-25(27-18-28-26)21-9-3-2-4-10-21;1-14(17-8-4-6-15-5-2-3-7-18(15)17)24-16-9-10-25(12-16)20-11-19(21)22-13-23-20;8-7(9)6-4-2-1-3-5-6;;;;/h2-13,16,18-19,22,29H,14-15,17H2,1H3;2-8,11,13-14,16,24H,9-10,12H2,1H3;1-5,8-9H;2*1H;2*1H2/t19-,22+;14-,16+;;;;;/m11...../s1. The number of aromatic nitrogens is 4. The number of rotatable bonds is 10. The van der Waals surface area contributed by atoms with Crippen molar-refractivity contribution < 1.29 is 10.0 Å². The lowest BCUT2D eigenvalue weighted by Crippen LogP contribution is -2.34. The number of anilines is 2. The molecule has 0 saturated carbocycles. The van der Waals surface area contributed by atoms with E-state index < -0.39 is 7.12 Å². The number of halogens is 3. The molecule has 2 aliphatic rings. The minimum atomic E-state index is -1.34. The van der Waals surface area contributed by atoms with Crippen LogP contribution in [0.2, 0.25) is 5.15 Å². The molecule has 8 aromatic rings. The van der Waals surface area contributed by atoms with Gasteiger partial charge in [0.1, 0.15) is 29.4 Å². The van der Waals surface area contributed by atoms with E-state index in [4.69, 9.17) is 21.6 Å². The van der Waals surface area contributed by atoms with Crippen LogP contribution in [0.15, 0.2) is 170 Å². The maximum absolute atomic E-state index is 8.58. The fourth-order valence-electron chi connectivity index (χ4n) is 8.76. The summed E-state index contributed by atoms with van der Waals surface area (Å²) in [5.74, 6) is 1.91. The smallest absolute Gasteiger partial charge is 0.423 e. The van der Waals surface area contributed by atoms with Crippen LogP contribution in [-0.2, 0) is 0 Å². The molecule has 0 unspecified atom stereocenters. The Kier molecular flexibility index (Phi) is 22.4. The first-order valence-electron chi connectivity index (χ1n) is 22.0. The molecule has 0 radical (unpaired) electrons. The van der Waals surface area contributed by atoms with E-state index in [0.29, 0.717) is 34.8 Å². The van der Waals surface area contributed by atoms with Gasteiger partial charge in [-0.3, -0.25) is 0 Å². The lowest BCUT2D eigenvalue weighted by atomic mass is 9.81. The van der Waals surface area contributed by atoms with Gasteiger partial charge in [0, 0.05) is 68.0 Å². The molecule has 4 N–H and O–H groups in total.